The van der Waals surface area contributed by atoms with Crippen molar-refractivity contribution in [3.8, 4) is 0 Å². The number of hydrogen-bond acceptors (Lipinski definition) is 1. The molecule has 1 unspecified atom stereocenters. The first-order valence-corrected chi connectivity index (χ1v) is 10.8. The summed E-state index contributed by atoms with van der Waals surface area (Å²) >= 11 is 6.09. The van der Waals surface area contributed by atoms with Gasteiger partial charge in [0, 0.05) is 5.02 Å². The van der Waals surface area contributed by atoms with Crippen LogP contribution in [0.5, 0.6) is 0 Å². The van der Waals surface area contributed by atoms with E-state index in [4.69, 9.17) is 16.3 Å². The van der Waals surface area contributed by atoms with Crippen molar-refractivity contribution in [3.05, 3.63) is 58.6 Å². The van der Waals surface area contributed by atoms with E-state index in [1.165, 1.54) is 21.5 Å². The topological polar surface area (TPSA) is 12.2 Å². The lowest BCUT2D eigenvalue weighted by atomic mass is 10.1. The molecule has 4 rings (SSSR count). The molecule has 0 saturated heterocycles. The van der Waals surface area contributed by atoms with Crippen molar-refractivity contribution in [2.45, 2.75) is 13.5 Å². The molecule has 0 bridgehead atoms. The van der Waals surface area contributed by atoms with Crippen molar-refractivity contribution < 1.29 is 9.31 Å². The summed E-state index contributed by atoms with van der Waals surface area (Å²) in [5.74, 6) is 1.08. The number of benzene rings is 2. The predicted octanol–water partition coefficient (Wildman–Crippen LogP) is 2.18. The number of nitrogens with zero attached hydrogens (tertiary/aromatic N) is 1. The van der Waals surface area contributed by atoms with E-state index in [1.807, 2.05) is 12.1 Å². The standard InChI is InChI=1S/C18H19ClNOSi/c1-13-3-8-16-17(11-13)22(2,12-20-9-10-21-18(16)20)15-6-4-14(19)5-7-15/h3-8,11H,9-10,12H2,1-2H3/q+1. The summed E-state index contributed by atoms with van der Waals surface area (Å²) in [6, 6.07) is 15.2. The van der Waals surface area contributed by atoms with Crippen molar-refractivity contribution in [2.75, 3.05) is 19.3 Å². The lowest BCUT2D eigenvalue weighted by molar-refractivity contribution is -0.501. The quantitative estimate of drug-likeness (QED) is 0.577. The average molecular weight is 329 g/mol. The molecule has 0 radical (unpaired) electrons. The van der Waals surface area contributed by atoms with Crippen LogP contribution in [0.2, 0.25) is 11.6 Å². The van der Waals surface area contributed by atoms with Gasteiger partial charge in [0.05, 0.1) is 5.56 Å². The van der Waals surface area contributed by atoms with Crippen molar-refractivity contribution in [1.82, 2.24) is 0 Å². The molecule has 0 aliphatic carbocycles. The third kappa shape index (κ3) is 2.03. The summed E-state index contributed by atoms with van der Waals surface area (Å²) in [4.78, 5) is 0. The van der Waals surface area contributed by atoms with Gasteiger partial charge < -0.3 is 4.74 Å². The highest BCUT2D eigenvalue weighted by molar-refractivity contribution is 7.02. The average Bonchev–Trinajstić information content (AvgIpc) is 2.96. The molecule has 0 fully saturated rings. The fraction of sp³-hybridized carbons (Fsp3) is 0.278. The lowest BCUT2D eigenvalue weighted by Crippen LogP contribution is -2.65. The Morgan fingerprint density at radius 3 is 2.68 bits per heavy atom. The monoisotopic (exact) mass is 328 g/mol. The summed E-state index contributed by atoms with van der Waals surface area (Å²) in [5, 5.41) is 3.73. The molecule has 0 N–H and O–H groups in total. The van der Waals surface area contributed by atoms with Gasteiger partial charge in [-0.1, -0.05) is 48.0 Å². The Hall–Kier alpha value is -1.58. The van der Waals surface area contributed by atoms with Gasteiger partial charge in [0.1, 0.15) is 6.17 Å². The van der Waals surface area contributed by atoms with E-state index in [9.17, 15) is 0 Å². The van der Waals surface area contributed by atoms with Gasteiger partial charge in [0.15, 0.2) is 21.2 Å². The highest BCUT2D eigenvalue weighted by atomic mass is 35.5. The zero-order valence-corrected chi connectivity index (χ0v) is 14.7. The van der Waals surface area contributed by atoms with Gasteiger partial charge in [0.25, 0.3) is 0 Å². The molecule has 2 aromatic rings. The number of ether oxygens (including phenoxy) is 1. The molecule has 2 aliphatic rings. The molecule has 4 heteroatoms. The lowest BCUT2D eigenvalue weighted by Gasteiger charge is -2.30. The highest BCUT2D eigenvalue weighted by Crippen LogP contribution is 2.20. The van der Waals surface area contributed by atoms with E-state index in [0.29, 0.717) is 0 Å². The first kappa shape index (κ1) is 14.0. The summed E-state index contributed by atoms with van der Waals surface area (Å²) in [6.45, 7) is 6.43. The molecule has 0 spiro atoms. The summed E-state index contributed by atoms with van der Waals surface area (Å²) in [6.07, 6.45) is 1.08. The highest BCUT2D eigenvalue weighted by Gasteiger charge is 2.47. The Morgan fingerprint density at radius 1 is 1.14 bits per heavy atom. The molecule has 2 heterocycles. The van der Waals surface area contributed by atoms with Crippen molar-refractivity contribution in [2.24, 2.45) is 0 Å². The normalized spacial score (nSPS) is 23.0. The molecule has 2 aliphatic heterocycles. The second-order valence-electron chi connectivity index (χ2n) is 6.46. The maximum atomic E-state index is 6.09. The molecule has 112 valence electrons. The molecule has 2 nitrogen and oxygen atoms in total. The van der Waals surface area contributed by atoms with Gasteiger partial charge in [-0.25, -0.2) is 0 Å². The van der Waals surface area contributed by atoms with E-state index in [0.717, 1.165) is 30.2 Å². The Bertz CT molecular complexity index is 784. The maximum Gasteiger partial charge on any atom is 0.369 e. The van der Waals surface area contributed by atoms with E-state index >= 15 is 0 Å². The minimum Gasteiger partial charge on any atom is -0.438 e. The first-order valence-electron chi connectivity index (χ1n) is 7.70. The number of fused-ring (bicyclic) bond motifs is 2. The van der Waals surface area contributed by atoms with Crippen LogP contribution in [0, 0.1) is 6.92 Å². The minimum absolute atomic E-state index is 0.799. The molecule has 0 aromatic heterocycles. The Labute approximate surface area is 137 Å². The zero-order chi connectivity index (χ0) is 15.3. The molecule has 0 saturated carbocycles. The summed E-state index contributed by atoms with van der Waals surface area (Å²) in [7, 11) is -1.81. The SMILES string of the molecule is Cc1ccc2c(c1)[Si](C)(c1ccc(Cl)cc1)C[N+]1=C2OCC1. The van der Waals surface area contributed by atoms with E-state index in [-0.39, 0.29) is 0 Å². The largest absolute Gasteiger partial charge is 0.438 e. The van der Waals surface area contributed by atoms with Crippen molar-refractivity contribution in [1.29, 1.82) is 0 Å². The summed E-state index contributed by atoms with van der Waals surface area (Å²) < 4.78 is 8.34. The molecular weight excluding hydrogens is 310 g/mol. The molecule has 0 amide bonds. The van der Waals surface area contributed by atoms with E-state index in [2.05, 4.69) is 48.4 Å². The Kier molecular flexibility index (Phi) is 3.17. The first-order chi connectivity index (χ1) is 10.6. The molecule has 1 atom stereocenters. The van der Waals surface area contributed by atoms with Crippen LogP contribution in [-0.2, 0) is 4.74 Å². The fourth-order valence-corrected chi connectivity index (χ4v) is 7.77. The third-order valence-electron chi connectivity index (χ3n) is 4.88. The second-order valence-corrected chi connectivity index (χ2v) is 11.0. The van der Waals surface area contributed by atoms with Gasteiger partial charge >= 0.3 is 5.90 Å². The maximum absolute atomic E-state index is 6.09. The van der Waals surface area contributed by atoms with Gasteiger partial charge in [-0.3, -0.25) is 0 Å². The van der Waals surface area contributed by atoms with Crippen molar-refractivity contribution in [3.63, 3.8) is 0 Å². The smallest absolute Gasteiger partial charge is 0.369 e. The van der Waals surface area contributed by atoms with Crippen molar-refractivity contribution >= 4 is 35.9 Å². The predicted molar refractivity (Wildman–Crippen MR) is 93.6 cm³/mol. The van der Waals surface area contributed by atoms with Gasteiger partial charge in [0.2, 0.25) is 0 Å². The van der Waals surface area contributed by atoms with Gasteiger partial charge in [-0.05, 0) is 35.5 Å². The molecule has 2 aromatic carbocycles. The number of halogens is 1. The van der Waals surface area contributed by atoms with Crippen LogP contribution in [0.3, 0.4) is 0 Å². The minimum atomic E-state index is -1.81. The van der Waals surface area contributed by atoms with Crippen LogP contribution in [-0.4, -0.2) is 37.9 Å². The van der Waals surface area contributed by atoms with Crippen LogP contribution in [0.1, 0.15) is 11.1 Å². The van der Waals surface area contributed by atoms with E-state index < -0.39 is 8.07 Å². The van der Waals surface area contributed by atoms with Crippen LogP contribution in [0.25, 0.3) is 0 Å². The second kappa shape index (κ2) is 4.97. The summed E-state index contributed by atoms with van der Waals surface area (Å²) in [5.41, 5.74) is 2.61. The fourth-order valence-electron chi connectivity index (χ4n) is 3.68. The zero-order valence-electron chi connectivity index (χ0n) is 12.9. The van der Waals surface area contributed by atoms with Crippen LogP contribution < -0.4 is 10.4 Å². The van der Waals surface area contributed by atoms with Crippen LogP contribution in [0.15, 0.2) is 42.5 Å². The van der Waals surface area contributed by atoms with Crippen LogP contribution in [0.4, 0.5) is 0 Å². The van der Waals surface area contributed by atoms with Crippen LogP contribution >= 0.6 is 11.6 Å². The number of rotatable bonds is 1. The Balaban J connectivity index is 1.94. The third-order valence-corrected chi connectivity index (χ3v) is 9.35. The van der Waals surface area contributed by atoms with Gasteiger partial charge in [-0.2, -0.15) is 4.58 Å². The molecular formula is C18H19ClNOSi+. The molecule has 22 heavy (non-hydrogen) atoms. The van der Waals surface area contributed by atoms with E-state index in [1.54, 1.807) is 0 Å². The number of hydrogen-bond donors (Lipinski definition) is 0. The number of aryl methyl sites for hydroxylation is 1. The van der Waals surface area contributed by atoms with Gasteiger partial charge in [-0.15, -0.1) is 0 Å². The Morgan fingerprint density at radius 2 is 1.91 bits per heavy atom.